The summed E-state index contributed by atoms with van der Waals surface area (Å²) in [5.41, 5.74) is -0.709. The molecule has 1 saturated carbocycles. The maximum absolute atomic E-state index is 10.5. The molecule has 0 amide bonds. The summed E-state index contributed by atoms with van der Waals surface area (Å²) in [5, 5.41) is 10.5. The molecule has 2 unspecified atom stereocenters. The molecular weight excluding hydrogens is 184 g/mol. The van der Waals surface area contributed by atoms with Crippen LogP contribution in [0.1, 0.15) is 51.4 Å². The summed E-state index contributed by atoms with van der Waals surface area (Å²) < 4.78 is 0. The van der Waals surface area contributed by atoms with Crippen LogP contribution in [0.3, 0.4) is 0 Å². The van der Waals surface area contributed by atoms with E-state index in [1.54, 1.807) is 6.08 Å². The van der Waals surface area contributed by atoms with E-state index in [4.69, 9.17) is 0 Å². The van der Waals surface area contributed by atoms with E-state index >= 15 is 0 Å². The highest BCUT2D eigenvalue weighted by molar-refractivity contribution is 5.06. The van der Waals surface area contributed by atoms with Crippen LogP contribution >= 0.6 is 0 Å². The topological polar surface area (TPSA) is 20.2 Å². The molecule has 1 heteroatoms. The Kier molecular flexibility index (Phi) is 5.10. The van der Waals surface area contributed by atoms with Gasteiger partial charge in [0.15, 0.2) is 0 Å². The van der Waals surface area contributed by atoms with E-state index in [-0.39, 0.29) is 5.92 Å². The predicted octanol–water partition coefficient (Wildman–Crippen LogP) is 3.84. The molecule has 1 nitrogen and oxygen atoms in total. The maximum atomic E-state index is 10.5. The van der Waals surface area contributed by atoms with E-state index < -0.39 is 5.60 Å². The second-order valence-corrected chi connectivity index (χ2v) is 4.70. The number of hydrogen-bond acceptors (Lipinski definition) is 1. The Bertz CT molecular complexity index is 209. The van der Waals surface area contributed by atoms with Gasteiger partial charge in [0.2, 0.25) is 0 Å². The van der Waals surface area contributed by atoms with Crippen LogP contribution in [0.4, 0.5) is 0 Å². The van der Waals surface area contributed by atoms with Crippen LogP contribution in [0.15, 0.2) is 25.3 Å². The summed E-state index contributed by atoms with van der Waals surface area (Å²) in [7, 11) is 0. The van der Waals surface area contributed by atoms with Crippen LogP contribution < -0.4 is 0 Å². The highest BCUT2D eigenvalue weighted by Gasteiger charge is 2.30. The highest BCUT2D eigenvalue weighted by Crippen LogP contribution is 2.32. The molecule has 0 aromatic heterocycles. The van der Waals surface area contributed by atoms with Crippen molar-refractivity contribution >= 4 is 0 Å². The van der Waals surface area contributed by atoms with Gasteiger partial charge in [-0.1, -0.05) is 50.7 Å². The first-order valence-electron chi connectivity index (χ1n) is 6.21. The van der Waals surface area contributed by atoms with Gasteiger partial charge in [0.05, 0.1) is 5.60 Å². The Hall–Kier alpha value is -0.560. The standard InChI is InChI=1S/C14H24O/c1-3-13-11-9-7-5-6-8-10-12-14(13,15)4-2/h3-4,13,15H,1-2,5-12H2. The fourth-order valence-electron chi connectivity index (χ4n) is 2.49. The minimum absolute atomic E-state index is 0.188. The smallest absolute Gasteiger partial charge is 0.0887 e. The van der Waals surface area contributed by atoms with Gasteiger partial charge in [0, 0.05) is 5.92 Å². The second-order valence-electron chi connectivity index (χ2n) is 4.70. The molecule has 1 rings (SSSR count). The first-order chi connectivity index (χ1) is 7.23. The second kappa shape index (κ2) is 6.12. The first kappa shape index (κ1) is 12.5. The molecule has 1 aliphatic rings. The van der Waals surface area contributed by atoms with E-state index in [1.807, 2.05) is 6.08 Å². The Balaban J connectivity index is 2.67. The molecular formula is C14H24O. The van der Waals surface area contributed by atoms with Crippen LogP contribution in [-0.2, 0) is 0 Å². The molecule has 2 atom stereocenters. The number of rotatable bonds is 2. The quantitative estimate of drug-likeness (QED) is 0.684. The fraction of sp³-hybridized carbons (Fsp3) is 0.714. The largest absolute Gasteiger partial charge is 0.385 e. The zero-order valence-electron chi connectivity index (χ0n) is 9.75. The molecule has 0 saturated heterocycles. The van der Waals surface area contributed by atoms with Crippen molar-refractivity contribution in [3.8, 4) is 0 Å². The van der Waals surface area contributed by atoms with Crippen LogP contribution in [0, 0.1) is 5.92 Å². The zero-order valence-corrected chi connectivity index (χ0v) is 9.75. The number of aliphatic hydroxyl groups is 1. The van der Waals surface area contributed by atoms with Gasteiger partial charge in [-0.15, -0.1) is 13.2 Å². The third-order valence-electron chi connectivity index (χ3n) is 3.62. The molecule has 1 aliphatic carbocycles. The summed E-state index contributed by atoms with van der Waals surface area (Å²) in [5.74, 6) is 0.188. The molecule has 0 aromatic rings. The molecule has 0 bridgehead atoms. The summed E-state index contributed by atoms with van der Waals surface area (Å²) in [6.07, 6.45) is 13.0. The lowest BCUT2D eigenvalue weighted by molar-refractivity contribution is 0.0315. The summed E-state index contributed by atoms with van der Waals surface area (Å²) in [6, 6.07) is 0. The zero-order chi connectivity index (χ0) is 11.1. The van der Waals surface area contributed by atoms with E-state index in [1.165, 1.54) is 32.1 Å². The third kappa shape index (κ3) is 3.49. The van der Waals surface area contributed by atoms with Crippen LogP contribution in [0.5, 0.6) is 0 Å². The van der Waals surface area contributed by atoms with Crippen molar-refractivity contribution in [1.82, 2.24) is 0 Å². The lowest BCUT2D eigenvalue weighted by Gasteiger charge is -2.32. The van der Waals surface area contributed by atoms with Crippen LogP contribution in [0.25, 0.3) is 0 Å². The van der Waals surface area contributed by atoms with Crippen molar-refractivity contribution in [2.75, 3.05) is 0 Å². The average molecular weight is 208 g/mol. The monoisotopic (exact) mass is 208 g/mol. The van der Waals surface area contributed by atoms with Gasteiger partial charge in [-0.3, -0.25) is 0 Å². The molecule has 0 heterocycles. The Labute approximate surface area is 93.9 Å². The third-order valence-corrected chi connectivity index (χ3v) is 3.62. The predicted molar refractivity (Wildman–Crippen MR) is 65.8 cm³/mol. The molecule has 15 heavy (non-hydrogen) atoms. The molecule has 86 valence electrons. The molecule has 1 fully saturated rings. The van der Waals surface area contributed by atoms with Gasteiger partial charge in [0.1, 0.15) is 0 Å². The van der Waals surface area contributed by atoms with Gasteiger partial charge < -0.3 is 5.11 Å². The van der Waals surface area contributed by atoms with E-state index in [0.29, 0.717) is 0 Å². The van der Waals surface area contributed by atoms with Gasteiger partial charge >= 0.3 is 0 Å². The van der Waals surface area contributed by atoms with Gasteiger partial charge in [-0.05, 0) is 12.8 Å². The van der Waals surface area contributed by atoms with E-state index in [9.17, 15) is 5.11 Å². The van der Waals surface area contributed by atoms with Crippen molar-refractivity contribution in [1.29, 1.82) is 0 Å². The van der Waals surface area contributed by atoms with Crippen molar-refractivity contribution in [2.24, 2.45) is 5.92 Å². The van der Waals surface area contributed by atoms with Gasteiger partial charge in [0.25, 0.3) is 0 Å². The van der Waals surface area contributed by atoms with E-state index in [2.05, 4.69) is 13.2 Å². The Morgan fingerprint density at radius 1 is 1.00 bits per heavy atom. The molecule has 0 aromatic carbocycles. The summed E-state index contributed by atoms with van der Waals surface area (Å²) >= 11 is 0. The summed E-state index contributed by atoms with van der Waals surface area (Å²) in [4.78, 5) is 0. The van der Waals surface area contributed by atoms with Crippen molar-refractivity contribution < 1.29 is 5.11 Å². The van der Waals surface area contributed by atoms with Crippen molar-refractivity contribution in [3.63, 3.8) is 0 Å². The van der Waals surface area contributed by atoms with Gasteiger partial charge in [-0.25, -0.2) is 0 Å². The van der Waals surface area contributed by atoms with Crippen molar-refractivity contribution in [3.05, 3.63) is 25.3 Å². The normalized spacial score (nSPS) is 34.3. The Morgan fingerprint density at radius 3 is 2.20 bits per heavy atom. The molecule has 0 aliphatic heterocycles. The Morgan fingerprint density at radius 2 is 1.60 bits per heavy atom. The van der Waals surface area contributed by atoms with Crippen LogP contribution in [0.2, 0.25) is 0 Å². The van der Waals surface area contributed by atoms with Crippen molar-refractivity contribution in [2.45, 2.75) is 57.0 Å². The number of hydrogen-bond donors (Lipinski definition) is 1. The minimum atomic E-state index is -0.709. The molecule has 0 spiro atoms. The SMILES string of the molecule is C=CC1CCCCCCCCC1(O)C=C. The van der Waals surface area contributed by atoms with E-state index in [0.717, 1.165) is 19.3 Å². The molecule has 0 radical (unpaired) electrons. The lowest BCUT2D eigenvalue weighted by atomic mass is 9.79. The maximum Gasteiger partial charge on any atom is 0.0887 e. The highest BCUT2D eigenvalue weighted by atomic mass is 16.3. The molecule has 1 N–H and O–H groups in total. The fourth-order valence-corrected chi connectivity index (χ4v) is 2.49. The van der Waals surface area contributed by atoms with Crippen LogP contribution in [-0.4, -0.2) is 10.7 Å². The van der Waals surface area contributed by atoms with Gasteiger partial charge in [-0.2, -0.15) is 0 Å². The summed E-state index contributed by atoms with van der Waals surface area (Å²) in [6.45, 7) is 7.63. The average Bonchev–Trinajstić information content (AvgIpc) is 2.27. The lowest BCUT2D eigenvalue weighted by Crippen LogP contribution is -2.34. The first-order valence-corrected chi connectivity index (χ1v) is 6.21. The minimum Gasteiger partial charge on any atom is -0.385 e.